The van der Waals surface area contributed by atoms with Gasteiger partial charge in [0.2, 0.25) is 0 Å². The Kier molecular flexibility index (Phi) is 3.33. The summed E-state index contributed by atoms with van der Waals surface area (Å²) >= 11 is 0. The number of hydrogen-bond acceptors (Lipinski definition) is 2. The second-order valence-corrected chi connectivity index (χ2v) is 2.89. The summed E-state index contributed by atoms with van der Waals surface area (Å²) in [5.41, 5.74) is 1.27. The van der Waals surface area contributed by atoms with Gasteiger partial charge in [-0.3, -0.25) is 0 Å². The largest absolute Gasteiger partial charge is 0.476 e. The van der Waals surface area contributed by atoms with Gasteiger partial charge >= 0.3 is 0 Å². The second kappa shape index (κ2) is 4.51. The first-order valence-corrected chi connectivity index (χ1v) is 4.41. The molecule has 1 rings (SSSR count). The van der Waals surface area contributed by atoms with Gasteiger partial charge in [-0.05, 0) is 31.0 Å². The second-order valence-electron chi connectivity index (χ2n) is 2.89. The maximum Gasteiger partial charge on any atom is 0.181 e. The van der Waals surface area contributed by atoms with Crippen molar-refractivity contribution in [1.82, 2.24) is 0 Å². The molecule has 2 nitrogen and oxygen atoms in total. The van der Waals surface area contributed by atoms with Crippen molar-refractivity contribution in [2.45, 2.75) is 26.4 Å². The summed E-state index contributed by atoms with van der Waals surface area (Å²) in [6.07, 6.45) is 0.640. The molecule has 0 aliphatic carbocycles. The number of nitriles is 1. The quantitative estimate of drug-likeness (QED) is 0.707. The molecule has 68 valence electrons. The minimum Gasteiger partial charge on any atom is -0.476 e. The van der Waals surface area contributed by atoms with Crippen LogP contribution in [0.5, 0.6) is 5.75 Å². The zero-order valence-corrected chi connectivity index (χ0v) is 7.95. The average molecular weight is 175 g/mol. The highest BCUT2D eigenvalue weighted by Gasteiger charge is 2.00. The Morgan fingerprint density at radius 3 is 2.46 bits per heavy atom. The van der Waals surface area contributed by atoms with Crippen LogP contribution in [0.1, 0.15) is 19.4 Å². The third-order valence-corrected chi connectivity index (χ3v) is 1.83. The molecular formula is C11H13NO. The maximum atomic E-state index is 8.52. The molecule has 1 atom stereocenters. The van der Waals surface area contributed by atoms with Crippen molar-refractivity contribution in [1.29, 1.82) is 5.26 Å². The van der Waals surface area contributed by atoms with E-state index in [1.54, 1.807) is 6.92 Å². The van der Waals surface area contributed by atoms with E-state index in [2.05, 4.69) is 6.92 Å². The lowest BCUT2D eigenvalue weighted by Gasteiger charge is -2.07. The molecule has 0 aromatic heterocycles. The van der Waals surface area contributed by atoms with Crippen molar-refractivity contribution in [3.8, 4) is 11.8 Å². The molecule has 0 spiro atoms. The van der Waals surface area contributed by atoms with Crippen LogP contribution in [0.25, 0.3) is 0 Å². The van der Waals surface area contributed by atoms with Gasteiger partial charge in [-0.1, -0.05) is 19.1 Å². The molecule has 0 heterocycles. The first kappa shape index (κ1) is 9.60. The van der Waals surface area contributed by atoms with Gasteiger partial charge in [0.15, 0.2) is 6.10 Å². The van der Waals surface area contributed by atoms with Gasteiger partial charge in [0.25, 0.3) is 0 Å². The molecule has 13 heavy (non-hydrogen) atoms. The minimum atomic E-state index is -0.382. The summed E-state index contributed by atoms with van der Waals surface area (Å²) in [6, 6.07) is 9.84. The van der Waals surface area contributed by atoms with Crippen molar-refractivity contribution >= 4 is 0 Å². The normalized spacial score (nSPS) is 11.8. The summed E-state index contributed by atoms with van der Waals surface area (Å²) in [5.74, 6) is 0.756. The van der Waals surface area contributed by atoms with Gasteiger partial charge in [-0.25, -0.2) is 0 Å². The molecule has 0 bridgehead atoms. The molecule has 0 amide bonds. The van der Waals surface area contributed by atoms with Gasteiger partial charge in [-0.15, -0.1) is 0 Å². The van der Waals surface area contributed by atoms with Gasteiger partial charge < -0.3 is 4.74 Å². The zero-order chi connectivity index (χ0) is 9.68. The smallest absolute Gasteiger partial charge is 0.181 e. The SMILES string of the molecule is CCc1ccc(OC(C)C#N)cc1. The van der Waals surface area contributed by atoms with Crippen LogP contribution in [0.15, 0.2) is 24.3 Å². The highest BCUT2D eigenvalue weighted by Crippen LogP contribution is 2.13. The average Bonchev–Trinajstić information content (AvgIpc) is 2.19. The van der Waals surface area contributed by atoms with Gasteiger partial charge in [0, 0.05) is 0 Å². The third-order valence-electron chi connectivity index (χ3n) is 1.83. The molecule has 0 saturated heterocycles. The standard InChI is InChI=1S/C11H13NO/c1-3-10-4-6-11(7-5-10)13-9(2)8-12/h4-7,9H,3H2,1-2H3. The van der Waals surface area contributed by atoms with E-state index in [0.29, 0.717) is 0 Å². The molecule has 0 N–H and O–H groups in total. The van der Waals surface area contributed by atoms with Crippen molar-refractivity contribution in [3.05, 3.63) is 29.8 Å². The number of ether oxygens (including phenoxy) is 1. The molecule has 0 radical (unpaired) electrons. The van der Waals surface area contributed by atoms with Crippen molar-refractivity contribution in [3.63, 3.8) is 0 Å². The third kappa shape index (κ3) is 2.79. The van der Waals surface area contributed by atoms with Crippen molar-refractivity contribution in [2.75, 3.05) is 0 Å². The summed E-state index contributed by atoms with van der Waals surface area (Å²) < 4.78 is 5.30. The predicted octanol–water partition coefficient (Wildman–Crippen LogP) is 2.54. The number of nitrogens with zero attached hydrogens (tertiary/aromatic N) is 1. The predicted molar refractivity (Wildman–Crippen MR) is 51.5 cm³/mol. The van der Waals surface area contributed by atoms with Gasteiger partial charge in [0.05, 0.1) is 0 Å². The highest BCUT2D eigenvalue weighted by molar-refractivity contribution is 5.27. The molecule has 0 aliphatic heterocycles. The molecular weight excluding hydrogens is 162 g/mol. The Morgan fingerprint density at radius 1 is 1.38 bits per heavy atom. The Bertz CT molecular complexity index is 297. The lowest BCUT2D eigenvalue weighted by Crippen LogP contribution is -2.07. The Balaban J connectivity index is 2.65. The first-order valence-electron chi connectivity index (χ1n) is 4.41. The Morgan fingerprint density at radius 2 is 2.00 bits per heavy atom. The molecule has 1 unspecified atom stereocenters. The van der Waals surface area contributed by atoms with E-state index in [9.17, 15) is 0 Å². The van der Waals surface area contributed by atoms with E-state index < -0.39 is 0 Å². The fourth-order valence-electron chi connectivity index (χ4n) is 1.03. The molecule has 1 aromatic carbocycles. The van der Waals surface area contributed by atoms with Gasteiger partial charge in [0.1, 0.15) is 11.8 Å². The maximum absolute atomic E-state index is 8.52. The van der Waals surface area contributed by atoms with E-state index in [-0.39, 0.29) is 6.10 Å². The van der Waals surface area contributed by atoms with Gasteiger partial charge in [-0.2, -0.15) is 5.26 Å². The van der Waals surface area contributed by atoms with Crippen LogP contribution >= 0.6 is 0 Å². The van der Waals surface area contributed by atoms with E-state index in [4.69, 9.17) is 10.00 Å². The highest BCUT2D eigenvalue weighted by atomic mass is 16.5. The Hall–Kier alpha value is -1.49. The van der Waals surface area contributed by atoms with Crippen LogP contribution in [0.2, 0.25) is 0 Å². The fourth-order valence-corrected chi connectivity index (χ4v) is 1.03. The monoisotopic (exact) mass is 175 g/mol. The molecule has 2 heteroatoms. The number of aryl methyl sites for hydroxylation is 1. The fraction of sp³-hybridized carbons (Fsp3) is 0.364. The molecule has 1 aromatic rings. The topological polar surface area (TPSA) is 33.0 Å². The van der Waals surface area contributed by atoms with E-state index in [0.717, 1.165) is 12.2 Å². The summed E-state index contributed by atoms with van der Waals surface area (Å²) in [4.78, 5) is 0. The summed E-state index contributed by atoms with van der Waals surface area (Å²) in [6.45, 7) is 3.83. The van der Waals surface area contributed by atoms with Crippen molar-refractivity contribution in [2.24, 2.45) is 0 Å². The molecule has 0 saturated carbocycles. The zero-order valence-electron chi connectivity index (χ0n) is 7.95. The van der Waals surface area contributed by atoms with E-state index >= 15 is 0 Å². The minimum absolute atomic E-state index is 0.382. The summed E-state index contributed by atoms with van der Waals surface area (Å²) in [5, 5.41) is 8.52. The molecule has 0 aliphatic rings. The Labute approximate surface area is 78.8 Å². The summed E-state index contributed by atoms with van der Waals surface area (Å²) in [7, 11) is 0. The lowest BCUT2D eigenvalue weighted by molar-refractivity contribution is 0.276. The van der Waals surface area contributed by atoms with Crippen LogP contribution in [0.3, 0.4) is 0 Å². The number of hydrogen-bond donors (Lipinski definition) is 0. The number of benzene rings is 1. The van der Waals surface area contributed by atoms with Crippen LogP contribution in [0.4, 0.5) is 0 Å². The van der Waals surface area contributed by atoms with Crippen LogP contribution in [0, 0.1) is 11.3 Å². The first-order chi connectivity index (χ1) is 6.26. The van der Waals surface area contributed by atoms with E-state index in [1.807, 2.05) is 30.3 Å². The molecule has 0 fully saturated rings. The van der Waals surface area contributed by atoms with Crippen molar-refractivity contribution < 1.29 is 4.74 Å². The van der Waals surface area contributed by atoms with E-state index in [1.165, 1.54) is 5.56 Å². The van der Waals surface area contributed by atoms with Crippen LogP contribution in [-0.2, 0) is 6.42 Å². The van der Waals surface area contributed by atoms with Crippen LogP contribution in [-0.4, -0.2) is 6.10 Å². The lowest BCUT2D eigenvalue weighted by atomic mass is 10.2. The van der Waals surface area contributed by atoms with Crippen LogP contribution < -0.4 is 4.74 Å². The number of rotatable bonds is 3.